The molecule has 1 rings (SSSR count). The number of furan rings is 1. The second-order valence-electron chi connectivity index (χ2n) is 3.48. The zero-order chi connectivity index (χ0) is 8.65. The van der Waals surface area contributed by atoms with Crippen LogP contribution in [0, 0.1) is 0 Å². The van der Waals surface area contributed by atoms with E-state index in [0.717, 1.165) is 14.5 Å². The van der Waals surface area contributed by atoms with Crippen molar-refractivity contribution in [2.24, 2.45) is 0 Å². The summed E-state index contributed by atoms with van der Waals surface area (Å²) in [5.74, 6) is 0. The third-order valence-electron chi connectivity index (χ3n) is 1.34. The van der Waals surface area contributed by atoms with Crippen LogP contribution >= 0.6 is 31.9 Å². The second kappa shape index (κ2) is 3.07. The van der Waals surface area contributed by atoms with Crippen LogP contribution in [0.2, 0.25) is 19.6 Å². The van der Waals surface area contributed by atoms with Crippen LogP contribution in [-0.4, -0.2) is 8.07 Å². The summed E-state index contributed by atoms with van der Waals surface area (Å²) in [6, 6.07) is 1.95. The van der Waals surface area contributed by atoms with Crippen molar-refractivity contribution in [1.29, 1.82) is 0 Å². The van der Waals surface area contributed by atoms with Crippen LogP contribution < -0.4 is 5.38 Å². The Bertz CT molecular complexity index is 262. The van der Waals surface area contributed by atoms with Crippen molar-refractivity contribution in [2.75, 3.05) is 0 Å². The summed E-state index contributed by atoms with van der Waals surface area (Å²) in [6.45, 7) is 6.76. The van der Waals surface area contributed by atoms with Gasteiger partial charge in [-0.2, -0.15) is 0 Å². The molecule has 0 amide bonds. The van der Waals surface area contributed by atoms with Crippen LogP contribution in [0.15, 0.2) is 19.6 Å². The predicted octanol–water partition coefficient (Wildman–Crippen LogP) is 3.35. The normalized spacial score (nSPS) is 12.1. The summed E-state index contributed by atoms with van der Waals surface area (Å²) in [6.07, 6.45) is 0. The molecule has 0 fully saturated rings. The lowest BCUT2D eigenvalue weighted by Crippen LogP contribution is -2.37. The molecule has 0 aliphatic carbocycles. The van der Waals surface area contributed by atoms with Crippen LogP contribution in [-0.2, 0) is 0 Å². The van der Waals surface area contributed by atoms with Crippen LogP contribution in [0.25, 0.3) is 0 Å². The number of hydrogen-bond donors (Lipinski definition) is 0. The Kier molecular flexibility index (Phi) is 2.66. The third-order valence-corrected chi connectivity index (χ3v) is 4.42. The molecule has 1 nitrogen and oxygen atoms in total. The summed E-state index contributed by atoms with van der Waals surface area (Å²) in [4.78, 5) is 0. The second-order valence-corrected chi connectivity index (χ2v) is 10.1. The van der Waals surface area contributed by atoms with E-state index in [0.29, 0.717) is 0 Å². The lowest BCUT2D eigenvalue weighted by atomic mass is 10.7. The molecule has 0 spiro atoms. The first-order valence-corrected chi connectivity index (χ1v) is 8.45. The molecule has 0 N–H and O–H groups in total. The van der Waals surface area contributed by atoms with E-state index in [1.165, 1.54) is 0 Å². The van der Waals surface area contributed by atoms with Gasteiger partial charge in [-0.15, -0.1) is 0 Å². The van der Waals surface area contributed by atoms with Crippen molar-refractivity contribution < 1.29 is 4.42 Å². The molecule has 0 unspecified atom stereocenters. The van der Waals surface area contributed by atoms with Gasteiger partial charge in [0.2, 0.25) is 0 Å². The van der Waals surface area contributed by atoms with Gasteiger partial charge in [-0.05, 0) is 31.9 Å². The molecule has 0 aliphatic rings. The molecule has 0 saturated heterocycles. The molecular weight excluding hydrogens is 288 g/mol. The van der Waals surface area contributed by atoms with Crippen LogP contribution in [0.1, 0.15) is 0 Å². The van der Waals surface area contributed by atoms with Crippen LogP contribution in [0.4, 0.5) is 0 Å². The molecule has 4 heteroatoms. The molecule has 0 atom stereocenters. The van der Waals surface area contributed by atoms with Crippen molar-refractivity contribution in [3.63, 3.8) is 0 Å². The minimum Gasteiger partial charge on any atom is -0.458 e. The van der Waals surface area contributed by atoms with E-state index in [-0.39, 0.29) is 0 Å². The average Bonchev–Trinajstić information content (AvgIpc) is 2.08. The van der Waals surface area contributed by atoms with E-state index in [9.17, 15) is 0 Å². The largest absolute Gasteiger partial charge is 0.458 e. The van der Waals surface area contributed by atoms with Gasteiger partial charge in [0.1, 0.15) is 8.07 Å². The molecule has 0 aromatic carbocycles. The minimum absolute atomic E-state index is 0.807. The highest BCUT2D eigenvalue weighted by atomic mass is 79.9. The fraction of sp³-hybridized carbons (Fsp3) is 0.429. The van der Waals surface area contributed by atoms with Gasteiger partial charge in [0, 0.05) is 6.07 Å². The molecule has 1 aromatic heterocycles. The van der Waals surface area contributed by atoms with Gasteiger partial charge in [-0.3, -0.25) is 0 Å². The first-order valence-electron chi connectivity index (χ1n) is 3.36. The highest BCUT2D eigenvalue weighted by molar-refractivity contribution is 9.11. The molecular formula is C7H10Br2OSi. The van der Waals surface area contributed by atoms with E-state index >= 15 is 0 Å². The lowest BCUT2D eigenvalue weighted by Gasteiger charge is -2.12. The van der Waals surface area contributed by atoms with E-state index in [2.05, 4.69) is 51.5 Å². The highest BCUT2D eigenvalue weighted by Gasteiger charge is 2.24. The maximum absolute atomic E-state index is 5.51. The van der Waals surface area contributed by atoms with Crippen molar-refractivity contribution in [1.82, 2.24) is 0 Å². The molecule has 62 valence electrons. The monoisotopic (exact) mass is 296 g/mol. The van der Waals surface area contributed by atoms with Gasteiger partial charge in [0.05, 0.1) is 9.86 Å². The van der Waals surface area contributed by atoms with E-state index in [4.69, 9.17) is 4.42 Å². The maximum Gasteiger partial charge on any atom is 0.169 e. The number of rotatable bonds is 1. The average molecular weight is 298 g/mol. The lowest BCUT2D eigenvalue weighted by molar-refractivity contribution is 0.569. The number of hydrogen-bond acceptors (Lipinski definition) is 1. The SMILES string of the molecule is C[Si](C)(C)c1oc(Br)cc1Br. The van der Waals surface area contributed by atoms with E-state index in [1.54, 1.807) is 0 Å². The Hall–Kier alpha value is 0.457. The summed E-state index contributed by atoms with van der Waals surface area (Å²) in [7, 11) is -1.30. The Morgan fingerprint density at radius 3 is 2.00 bits per heavy atom. The standard InChI is InChI=1S/C7H10Br2OSi/c1-11(2,3)7-5(8)4-6(9)10-7/h4H,1-3H3. The molecule has 0 saturated carbocycles. The quantitative estimate of drug-likeness (QED) is 0.725. The Morgan fingerprint density at radius 1 is 1.27 bits per heavy atom. The predicted molar refractivity (Wildman–Crippen MR) is 57.1 cm³/mol. The van der Waals surface area contributed by atoms with E-state index < -0.39 is 8.07 Å². The summed E-state index contributed by atoms with van der Waals surface area (Å²) >= 11 is 6.76. The highest BCUT2D eigenvalue weighted by Crippen LogP contribution is 2.20. The van der Waals surface area contributed by atoms with Gasteiger partial charge in [-0.1, -0.05) is 19.6 Å². The minimum atomic E-state index is -1.30. The maximum atomic E-state index is 5.51. The van der Waals surface area contributed by atoms with Gasteiger partial charge in [0.25, 0.3) is 0 Å². The Balaban J connectivity index is 3.13. The smallest absolute Gasteiger partial charge is 0.169 e. The molecule has 1 heterocycles. The molecule has 11 heavy (non-hydrogen) atoms. The number of halogens is 2. The molecule has 0 aliphatic heterocycles. The fourth-order valence-electron chi connectivity index (χ4n) is 0.852. The fourth-order valence-corrected chi connectivity index (χ4v) is 4.98. The van der Waals surface area contributed by atoms with Gasteiger partial charge in [0.15, 0.2) is 4.67 Å². The molecule has 1 aromatic rings. The zero-order valence-corrected chi connectivity index (χ0v) is 10.9. The summed E-state index contributed by atoms with van der Waals surface area (Å²) in [5.41, 5.74) is 0. The Labute approximate surface area is 84.4 Å². The van der Waals surface area contributed by atoms with Crippen molar-refractivity contribution in [3.8, 4) is 0 Å². The van der Waals surface area contributed by atoms with E-state index in [1.807, 2.05) is 6.07 Å². The van der Waals surface area contributed by atoms with Gasteiger partial charge >= 0.3 is 0 Å². The zero-order valence-electron chi connectivity index (χ0n) is 6.74. The first-order chi connectivity index (χ1) is 4.91. The molecule has 0 radical (unpaired) electrons. The summed E-state index contributed by atoms with van der Waals surface area (Å²) in [5, 5.41) is 1.12. The van der Waals surface area contributed by atoms with Gasteiger partial charge in [-0.25, -0.2) is 0 Å². The molecule has 0 bridgehead atoms. The summed E-state index contributed by atoms with van der Waals surface area (Å²) < 4.78 is 7.40. The Morgan fingerprint density at radius 2 is 1.82 bits per heavy atom. The van der Waals surface area contributed by atoms with Gasteiger partial charge < -0.3 is 4.42 Å². The van der Waals surface area contributed by atoms with Crippen molar-refractivity contribution in [3.05, 3.63) is 15.2 Å². The van der Waals surface area contributed by atoms with Crippen LogP contribution in [0.5, 0.6) is 0 Å². The van der Waals surface area contributed by atoms with Crippen molar-refractivity contribution >= 4 is 45.3 Å². The van der Waals surface area contributed by atoms with Crippen molar-refractivity contribution in [2.45, 2.75) is 19.6 Å². The topological polar surface area (TPSA) is 13.1 Å². The third kappa shape index (κ3) is 2.20. The van der Waals surface area contributed by atoms with Crippen LogP contribution in [0.3, 0.4) is 0 Å². The first kappa shape index (κ1) is 9.54.